The minimum absolute atomic E-state index is 0.0241. The summed E-state index contributed by atoms with van der Waals surface area (Å²) in [5.41, 5.74) is -0.380. The lowest BCUT2D eigenvalue weighted by Crippen LogP contribution is -2.46. The van der Waals surface area contributed by atoms with Crippen molar-refractivity contribution in [1.82, 2.24) is 0 Å². The molecule has 0 saturated heterocycles. The number of hydrogen-bond donors (Lipinski definition) is 1. The predicted octanol–water partition coefficient (Wildman–Crippen LogP) is 5.69. The van der Waals surface area contributed by atoms with Crippen LogP contribution in [0, 0.1) is 5.92 Å². The second kappa shape index (κ2) is 11.6. The van der Waals surface area contributed by atoms with Crippen molar-refractivity contribution in [2.24, 2.45) is 5.92 Å². The van der Waals surface area contributed by atoms with E-state index >= 15 is 0 Å². The highest BCUT2D eigenvalue weighted by Crippen LogP contribution is 2.39. The molecule has 6 nitrogen and oxygen atoms in total. The third-order valence-corrected chi connectivity index (χ3v) is 12.0. The van der Waals surface area contributed by atoms with Gasteiger partial charge in [-0.05, 0) is 60.6 Å². The van der Waals surface area contributed by atoms with Gasteiger partial charge < -0.3 is 19.0 Å². The Balaban J connectivity index is 3.37. The van der Waals surface area contributed by atoms with Crippen LogP contribution >= 0.6 is 22.6 Å². The molecule has 0 aromatic carbocycles. The van der Waals surface area contributed by atoms with E-state index in [0.717, 1.165) is 5.57 Å². The highest BCUT2D eigenvalue weighted by atomic mass is 127. The first-order valence-corrected chi connectivity index (χ1v) is 15.4. The third kappa shape index (κ3) is 8.57. The average Bonchev–Trinajstić information content (AvgIpc) is 2.64. The molecule has 0 fully saturated rings. The Labute approximate surface area is 208 Å². The van der Waals surface area contributed by atoms with Gasteiger partial charge in [-0.3, -0.25) is 9.59 Å². The summed E-state index contributed by atoms with van der Waals surface area (Å²) in [4.78, 5) is 24.6. The van der Waals surface area contributed by atoms with Gasteiger partial charge >= 0.3 is 11.9 Å². The van der Waals surface area contributed by atoms with Crippen LogP contribution in [0.1, 0.15) is 67.7 Å². The molecule has 0 aliphatic carbocycles. The Morgan fingerprint density at radius 3 is 2.41 bits per heavy atom. The topological polar surface area (TPSA) is 82.1 Å². The summed E-state index contributed by atoms with van der Waals surface area (Å²) < 4.78 is 19.8. The minimum Gasteiger partial charge on any atom is -0.457 e. The number of rotatable bonds is 4. The second-order valence-electron chi connectivity index (χ2n) is 10.6. The first kappa shape index (κ1) is 29.3. The summed E-state index contributed by atoms with van der Waals surface area (Å²) in [6.45, 7) is 17.6. The van der Waals surface area contributed by atoms with E-state index in [0.29, 0.717) is 12.8 Å². The summed E-state index contributed by atoms with van der Waals surface area (Å²) in [7, 11) is -2.16. The first-order chi connectivity index (χ1) is 14.5. The molecule has 1 aliphatic rings. The van der Waals surface area contributed by atoms with E-state index < -0.39 is 38.2 Å². The van der Waals surface area contributed by atoms with Crippen LogP contribution in [0.25, 0.3) is 0 Å². The van der Waals surface area contributed by atoms with E-state index in [1.165, 1.54) is 6.92 Å². The van der Waals surface area contributed by atoms with Crippen molar-refractivity contribution >= 4 is 42.8 Å². The van der Waals surface area contributed by atoms with Crippen LogP contribution in [-0.2, 0) is 23.5 Å². The molecule has 1 N–H and O–H groups in total. The van der Waals surface area contributed by atoms with Gasteiger partial charge in [0.15, 0.2) is 8.32 Å². The van der Waals surface area contributed by atoms with Gasteiger partial charge in [0.1, 0.15) is 17.8 Å². The molecule has 0 aromatic rings. The standard InChI is InChI=1S/C24H41IO6Si/c1-16-10-11-20(29-18(3)26)24(7,28)13-12-19(31-32(8,9)23(4,5)6)14-21(27)30-22(16)17(2)15-25/h10-11,15-16,19-20,22,28H,12-14H2,1-9H3/b11-10+,17-15+/t16-,19+,20+,22-,24+/m0/s1. The Morgan fingerprint density at radius 1 is 1.31 bits per heavy atom. The molecule has 0 saturated carbocycles. The number of esters is 2. The Hall–Kier alpha value is -0.713. The van der Waals surface area contributed by atoms with Crippen LogP contribution in [0.2, 0.25) is 18.1 Å². The molecule has 1 aliphatic heterocycles. The number of hydrogen-bond acceptors (Lipinski definition) is 6. The third-order valence-electron chi connectivity index (χ3n) is 6.49. The van der Waals surface area contributed by atoms with Gasteiger partial charge in [-0.25, -0.2) is 0 Å². The number of cyclic esters (lactones) is 1. The van der Waals surface area contributed by atoms with Crippen molar-refractivity contribution in [1.29, 1.82) is 0 Å². The maximum absolute atomic E-state index is 12.9. The van der Waals surface area contributed by atoms with Crippen molar-refractivity contribution in [3.8, 4) is 0 Å². The lowest BCUT2D eigenvalue weighted by molar-refractivity contribution is -0.157. The molecule has 0 spiro atoms. The first-order valence-electron chi connectivity index (χ1n) is 11.2. The van der Waals surface area contributed by atoms with Crippen molar-refractivity contribution in [3.05, 3.63) is 21.8 Å². The zero-order chi connectivity index (χ0) is 24.9. The van der Waals surface area contributed by atoms with E-state index in [1.807, 2.05) is 24.0 Å². The van der Waals surface area contributed by atoms with Crippen LogP contribution in [0.5, 0.6) is 0 Å². The molecular weight excluding hydrogens is 539 g/mol. The number of carbonyl (C=O) groups is 2. The molecule has 0 unspecified atom stereocenters. The van der Waals surface area contributed by atoms with Gasteiger partial charge in [0.05, 0.1) is 12.5 Å². The van der Waals surface area contributed by atoms with Crippen molar-refractivity contribution in [3.63, 3.8) is 0 Å². The van der Waals surface area contributed by atoms with Crippen LogP contribution < -0.4 is 0 Å². The van der Waals surface area contributed by atoms with Crippen molar-refractivity contribution < 1.29 is 28.6 Å². The average molecular weight is 581 g/mol. The van der Waals surface area contributed by atoms with Crippen LogP contribution in [-0.4, -0.2) is 49.3 Å². The summed E-state index contributed by atoms with van der Waals surface area (Å²) in [5.74, 6) is -0.939. The van der Waals surface area contributed by atoms with Gasteiger partial charge in [-0.1, -0.05) is 56.4 Å². The fourth-order valence-corrected chi connectivity index (χ4v) is 5.12. The molecule has 5 atom stereocenters. The number of carbonyl (C=O) groups excluding carboxylic acids is 2. The highest BCUT2D eigenvalue weighted by Gasteiger charge is 2.41. The second-order valence-corrected chi connectivity index (χ2v) is 16.0. The van der Waals surface area contributed by atoms with Gasteiger partial charge in [-0.15, -0.1) is 0 Å². The number of aliphatic hydroxyl groups is 1. The summed E-state index contributed by atoms with van der Waals surface area (Å²) >= 11 is 2.14. The quantitative estimate of drug-likeness (QED) is 0.199. The lowest BCUT2D eigenvalue weighted by Gasteiger charge is -2.40. The fourth-order valence-electron chi connectivity index (χ4n) is 3.37. The molecule has 0 amide bonds. The van der Waals surface area contributed by atoms with E-state index in [1.54, 1.807) is 13.0 Å². The number of ether oxygens (including phenoxy) is 2. The van der Waals surface area contributed by atoms with Crippen LogP contribution in [0.15, 0.2) is 21.8 Å². The summed E-state index contributed by atoms with van der Waals surface area (Å²) in [6, 6.07) is 0. The van der Waals surface area contributed by atoms with E-state index in [2.05, 4.69) is 56.5 Å². The molecular formula is C24H41IO6Si. The Morgan fingerprint density at radius 2 is 1.91 bits per heavy atom. The molecule has 1 heterocycles. The normalized spacial score (nSPS) is 32.3. The maximum atomic E-state index is 12.9. The highest BCUT2D eigenvalue weighted by molar-refractivity contribution is 14.1. The van der Waals surface area contributed by atoms with Crippen molar-refractivity contribution in [2.75, 3.05) is 0 Å². The van der Waals surface area contributed by atoms with Crippen LogP contribution in [0.3, 0.4) is 0 Å². The van der Waals surface area contributed by atoms with E-state index in [-0.39, 0.29) is 23.3 Å². The Bertz CT molecular complexity index is 722. The van der Waals surface area contributed by atoms with Crippen molar-refractivity contribution in [2.45, 2.75) is 110 Å². The Kier molecular flexibility index (Phi) is 10.6. The van der Waals surface area contributed by atoms with Gasteiger partial charge in [0, 0.05) is 12.8 Å². The van der Waals surface area contributed by atoms with E-state index in [4.69, 9.17) is 13.9 Å². The minimum atomic E-state index is -2.16. The fraction of sp³-hybridized carbons (Fsp3) is 0.750. The van der Waals surface area contributed by atoms with Gasteiger partial charge in [0.25, 0.3) is 0 Å². The number of halogens is 1. The van der Waals surface area contributed by atoms with Gasteiger partial charge in [0.2, 0.25) is 0 Å². The molecule has 184 valence electrons. The zero-order valence-electron chi connectivity index (χ0n) is 21.0. The summed E-state index contributed by atoms with van der Waals surface area (Å²) in [5, 5.41) is 11.2. The predicted molar refractivity (Wildman–Crippen MR) is 138 cm³/mol. The zero-order valence-corrected chi connectivity index (χ0v) is 24.2. The maximum Gasteiger partial charge on any atom is 0.308 e. The molecule has 32 heavy (non-hydrogen) atoms. The SMILES string of the molecule is CC(=O)O[C@@H]1/C=C/[C@H](C)[C@@H](/C(C)=C/I)OC(=O)C[C@H](O[Si](C)(C)C(C)(C)C)CC[C@@]1(C)O. The monoisotopic (exact) mass is 580 g/mol. The molecule has 1 rings (SSSR count). The smallest absolute Gasteiger partial charge is 0.308 e. The molecule has 0 radical (unpaired) electrons. The summed E-state index contributed by atoms with van der Waals surface area (Å²) in [6.07, 6.45) is 2.77. The van der Waals surface area contributed by atoms with E-state index in [9.17, 15) is 14.7 Å². The lowest BCUT2D eigenvalue weighted by atomic mass is 9.89. The molecule has 0 aromatic heterocycles. The van der Waals surface area contributed by atoms with Gasteiger partial charge in [-0.2, -0.15) is 0 Å². The van der Waals surface area contributed by atoms with Crippen LogP contribution in [0.4, 0.5) is 0 Å². The molecule has 0 bridgehead atoms. The largest absolute Gasteiger partial charge is 0.457 e. The molecule has 8 heteroatoms.